The fourth-order valence-electron chi connectivity index (χ4n) is 9.23. The molecular formula is C43H66N2O6. The summed E-state index contributed by atoms with van der Waals surface area (Å²) in [6.45, 7) is 6.32. The molecule has 0 radical (unpaired) electrons. The minimum atomic E-state index is 0.137. The molecule has 4 aliphatic rings. The molecule has 2 aromatic carbocycles. The van der Waals surface area contributed by atoms with E-state index in [4.69, 9.17) is 9.47 Å². The molecule has 0 heterocycles. The van der Waals surface area contributed by atoms with Crippen LogP contribution >= 0.6 is 0 Å². The Labute approximate surface area is 307 Å². The molecule has 4 N–H and O–H groups in total. The molecule has 8 nitrogen and oxygen atoms in total. The van der Waals surface area contributed by atoms with Gasteiger partial charge in [0.1, 0.15) is 11.5 Å². The van der Waals surface area contributed by atoms with E-state index in [0.717, 1.165) is 87.8 Å². The van der Waals surface area contributed by atoms with Gasteiger partial charge >= 0.3 is 0 Å². The highest BCUT2D eigenvalue weighted by Gasteiger charge is 2.46. The molecule has 284 valence electrons. The molecule has 0 spiro atoms. The van der Waals surface area contributed by atoms with Crippen LogP contribution in [0.5, 0.6) is 11.5 Å². The van der Waals surface area contributed by atoms with Crippen LogP contribution in [-0.2, 0) is 0 Å². The average Bonchev–Trinajstić information content (AvgIpc) is 3.13. The lowest BCUT2D eigenvalue weighted by atomic mass is 9.53. The summed E-state index contributed by atoms with van der Waals surface area (Å²) in [7, 11) is 0. The van der Waals surface area contributed by atoms with Gasteiger partial charge in [0, 0.05) is 26.2 Å². The second kappa shape index (κ2) is 21.9. The number of hydrogen-bond donors (Lipinski definition) is 4. The minimum Gasteiger partial charge on any atom is -0.494 e. The molecule has 0 aromatic heterocycles. The first-order valence-electron chi connectivity index (χ1n) is 20.2. The number of ether oxygens (including phenoxy) is 2. The van der Waals surface area contributed by atoms with Gasteiger partial charge in [0.2, 0.25) is 0 Å². The molecule has 0 unspecified atom stereocenters. The van der Waals surface area contributed by atoms with Crippen LogP contribution in [0.2, 0.25) is 0 Å². The van der Waals surface area contributed by atoms with Crippen LogP contribution in [-0.4, -0.2) is 109 Å². The monoisotopic (exact) mass is 706 g/mol. The van der Waals surface area contributed by atoms with Gasteiger partial charge < -0.3 is 29.9 Å². The molecule has 4 bridgehead atoms. The predicted molar refractivity (Wildman–Crippen MR) is 205 cm³/mol. The van der Waals surface area contributed by atoms with Crippen molar-refractivity contribution in [3.63, 3.8) is 0 Å². The van der Waals surface area contributed by atoms with E-state index >= 15 is 0 Å². The first-order chi connectivity index (χ1) is 25.1. The van der Waals surface area contributed by atoms with Crippen LogP contribution in [0.25, 0.3) is 5.57 Å². The highest BCUT2D eigenvalue weighted by atomic mass is 16.5. The van der Waals surface area contributed by atoms with Gasteiger partial charge in [-0.2, -0.15) is 0 Å². The van der Waals surface area contributed by atoms with Crippen molar-refractivity contribution >= 4 is 5.57 Å². The van der Waals surface area contributed by atoms with Crippen molar-refractivity contribution in [3.8, 4) is 11.5 Å². The number of aliphatic hydroxyl groups is 4. The summed E-state index contributed by atoms with van der Waals surface area (Å²) in [5.41, 5.74) is 5.74. The molecular weight excluding hydrogens is 640 g/mol. The second-order valence-electron chi connectivity index (χ2n) is 15.3. The van der Waals surface area contributed by atoms with Crippen LogP contribution < -0.4 is 9.47 Å². The number of hydrogen-bond acceptors (Lipinski definition) is 8. The van der Waals surface area contributed by atoms with Crippen LogP contribution in [0.3, 0.4) is 0 Å². The number of rotatable bonds is 26. The maximum atomic E-state index is 9.20. The lowest BCUT2D eigenvalue weighted by molar-refractivity contribution is 0.0705. The summed E-state index contributed by atoms with van der Waals surface area (Å²) in [4.78, 5) is 4.24. The van der Waals surface area contributed by atoms with Gasteiger partial charge in [0.25, 0.3) is 0 Å². The van der Waals surface area contributed by atoms with Gasteiger partial charge in [-0.15, -0.1) is 0 Å². The Bertz CT molecular complexity index is 1160. The lowest BCUT2D eigenvalue weighted by Crippen LogP contribution is -2.40. The van der Waals surface area contributed by atoms with Crippen molar-refractivity contribution in [2.24, 2.45) is 23.7 Å². The Morgan fingerprint density at radius 3 is 1.22 bits per heavy atom. The van der Waals surface area contributed by atoms with Crippen molar-refractivity contribution in [1.29, 1.82) is 0 Å². The Hall–Kier alpha value is -2.46. The molecule has 8 heteroatoms. The number of aliphatic hydroxyl groups excluding tert-OH is 4. The van der Waals surface area contributed by atoms with E-state index in [0.29, 0.717) is 51.2 Å². The van der Waals surface area contributed by atoms with Gasteiger partial charge in [0.15, 0.2) is 0 Å². The number of unbranched alkanes of at least 4 members (excludes halogenated alkanes) is 6. The van der Waals surface area contributed by atoms with E-state index in [9.17, 15) is 20.4 Å². The summed E-state index contributed by atoms with van der Waals surface area (Å²) in [6, 6.07) is 17.7. The highest BCUT2D eigenvalue weighted by Crippen LogP contribution is 2.58. The molecule has 0 amide bonds. The lowest BCUT2D eigenvalue weighted by Gasteiger charge is -2.52. The molecule has 0 atom stereocenters. The van der Waals surface area contributed by atoms with E-state index in [1.165, 1.54) is 48.8 Å². The maximum Gasteiger partial charge on any atom is 0.119 e. The molecule has 51 heavy (non-hydrogen) atoms. The second-order valence-corrected chi connectivity index (χ2v) is 15.3. The Morgan fingerprint density at radius 2 is 0.843 bits per heavy atom. The van der Waals surface area contributed by atoms with Gasteiger partial charge in [-0.1, -0.05) is 55.5 Å². The molecule has 0 aliphatic heterocycles. The largest absolute Gasteiger partial charge is 0.494 e. The van der Waals surface area contributed by atoms with E-state index in [2.05, 4.69) is 58.3 Å². The predicted octanol–water partition coefficient (Wildman–Crippen LogP) is 6.40. The number of benzene rings is 2. The highest BCUT2D eigenvalue weighted by molar-refractivity contribution is 5.83. The Kier molecular flexibility index (Phi) is 17.1. The fourth-order valence-corrected chi connectivity index (χ4v) is 9.23. The summed E-state index contributed by atoms with van der Waals surface area (Å²) >= 11 is 0. The standard InChI is InChI=1S/C43H66N2O6/c46-23-19-44(20-24-47)17-5-1-3-7-27-50-40-13-9-36(10-14-40)42(43-38-30-34-29-35(32-38)33-39(43)31-34)37-11-15-41(16-12-37)51-28-8-4-2-6-18-45(21-25-48)22-26-49/h9-16,34-35,38-39,46-49H,1-8,17-33H2. The quantitative estimate of drug-likeness (QED) is 0.0835. The van der Waals surface area contributed by atoms with Crippen molar-refractivity contribution in [1.82, 2.24) is 9.80 Å². The van der Waals surface area contributed by atoms with E-state index in [1.807, 2.05) is 0 Å². The van der Waals surface area contributed by atoms with Crippen molar-refractivity contribution in [3.05, 3.63) is 65.2 Å². The van der Waals surface area contributed by atoms with Gasteiger partial charge in [-0.25, -0.2) is 0 Å². The smallest absolute Gasteiger partial charge is 0.119 e. The molecule has 0 saturated heterocycles. The third kappa shape index (κ3) is 12.3. The van der Waals surface area contributed by atoms with Crippen molar-refractivity contribution < 1.29 is 29.9 Å². The first kappa shape index (κ1) is 39.7. The van der Waals surface area contributed by atoms with Crippen LogP contribution in [0.4, 0.5) is 0 Å². The summed E-state index contributed by atoms with van der Waals surface area (Å²) < 4.78 is 12.4. The van der Waals surface area contributed by atoms with Gasteiger partial charge in [-0.3, -0.25) is 9.80 Å². The zero-order valence-corrected chi connectivity index (χ0v) is 31.1. The Balaban J connectivity index is 1.13. The van der Waals surface area contributed by atoms with Gasteiger partial charge in [-0.05, 0) is 136 Å². The van der Waals surface area contributed by atoms with E-state index < -0.39 is 0 Å². The molecule has 4 fully saturated rings. The third-order valence-electron chi connectivity index (χ3n) is 11.5. The molecule has 6 rings (SSSR count). The number of nitrogens with zero attached hydrogens (tertiary/aromatic N) is 2. The minimum absolute atomic E-state index is 0.137. The van der Waals surface area contributed by atoms with Crippen LogP contribution in [0.1, 0.15) is 94.6 Å². The topological polar surface area (TPSA) is 106 Å². The molecule has 2 aromatic rings. The van der Waals surface area contributed by atoms with E-state index in [1.54, 1.807) is 5.57 Å². The third-order valence-corrected chi connectivity index (χ3v) is 11.5. The fraction of sp³-hybridized carbons (Fsp3) is 0.674. The SMILES string of the molecule is OCCN(CCO)CCCCCCOc1ccc(C(=C2C3CC4CC(C3)CC2C4)c2ccc(OCCCCCCN(CCO)CCO)cc2)cc1. The summed E-state index contributed by atoms with van der Waals surface area (Å²) in [5, 5.41) is 36.8. The van der Waals surface area contributed by atoms with Crippen molar-refractivity contribution in [2.75, 3.05) is 78.9 Å². The van der Waals surface area contributed by atoms with Crippen LogP contribution in [0, 0.1) is 23.7 Å². The van der Waals surface area contributed by atoms with E-state index in [-0.39, 0.29) is 26.4 Å². The van der Waals surface area contributed by atoms with Crippen molar-refractivity contribution in [2.45, 2.75) is 83.5 Å². The van der Waals surface area contributed by atoms with Crippen LogP contribution in [0.15, 0.2) is 54.1 Å². The molecule has 4 saturated carbocycles. The molecule has 4 aliphatic carbocycles. The summed E-state index contributed by atoms with van der Waals surface area (Å²) in [5.74, 6) is 5.13. The first-order valence-corrected chi connectivity index (χ1v) is 20.2. The zero-order valence-electron chi connectivity index (χ0n) is 31.1. The normalized spacial score (nSPS) is 20.9. The van der Waals surface area contributed by atoms with Gasteiger partial charge in [0.05, 0.1) is 39.6 Å². The maximum absolute atomic E-state index is 9.20. The zero-order chi connectivity index (χ0) is 35.7. The summed E-state index contributed by atoms with van der Waals surface area (Å²) in [6.07, 6.45) is 15.5. The number of allylic oxidation sites excluding steroid dienone is 1. The Morgan fingerprint density at radius 1 is 0.471 bits per heavy atom. The average molecular weight is 707 g/mol.